The Labute approximate surface area is 164 Å². The molecule has 0 aromatic heterocycles. The van der Waals surface area contributed by atoms with Gasteiger partial charge in [0, 0.05) is 29.2 Å². The van der Waals surface area contributed by atoms with Crippen molar-refractivity contribution < 1.29 is 4.79 Å². The highest BCUT2D eigenvalue weighted by Crippen LogP contribution is 2.26. The minimum Gasteiger partial charge on any atom is -0.325 e. The van der Waals surface area contributed by atoms with Crippen LogP contribution in [0.4, 0.5) is 5.69 Å². The van der Waals surface area contributed by atoms with Gasteiger partial charge >= 0.3 is 0 Å². The monoisotopic (exact) mass is 378 g/mol. The molecule has 1 fully saturated rings. The van der Waals surface area contributed by atoms with E-state index in [2.05, 4.69) is 34.5 Å². The molecule has 3 aromatic rings. The number of likely N-dealkylation sites (tertiary alicyclic amines) is 1. The summed E-state index contributed by atoms with van der Waals surface area (Å²) in [7, 11) is 0. The first-order valence-corrected chi connectivity index (χ1v) is 9.83. The summed E-state index contributed by atoms with van der Waals surface area (Å²) in [5, 5.41) is 6.17. The number of halogens is 1. The summed E-state index contributed by atoms with van der Waals surface area (Å²) in [6, 6.07) is 22.1. The van der Waals surface area contributed by atoms with Crippen molar-refractivity contribution in [2.75, 3.05) is 18.4 Å². The molecule has 1 atom stereocenters. The van der Waals surface area contributed by atoms with Crippen LogP contribution in [0.5, 0.6) is 0 Å². The lowest BCUT2D eigenvalue weighted by Crippen LogP contribution is -2.40. The van der Waals surface area contributed by atoms with E-state index in [-0.39, 0.29) is 11.8 Å². The van der Waals surface area contributed by atoms with Gasteiger partial charge in [-0.3, -0.25) is 9.69 Å². The molecule has 1 heterocycles. The van der Waals surface area contributed by atoms with E-state index in [1.165, 1.54) is 0 Å². The second-order valence-electron chi connectivity index (χ2n) is 7.18. The number of hydrogen-bond acceptors (Lipinski definition) is 2. The van der Waals surface area contributed by atoms with E-state index in [0.29, 0.717) is 0 Å². The summed E-state index contributed by atoms with van der Waals surface area (Å²) in [6.07, 6.45) is 1.95. The lowest BCUT2D eigenvalue weighted by molar-refractivity contribution is -0.121. The van der Waals surface area contributed by atoms with Crippen LogP contribution in [-0.4, -0.2) is 23.9 Å². The highest BCUT2D eigenvalue weighted by atomic mass is 35.5. The smallest absolute Gasteiger partial charge is 0.228 e. The Balaban J connectivity index is 1.45. The summed E-state index contributed by atoms with van der Waals surface area (Å²) in [6.45, 7) is 2.56. The van der Waals surface area contributed by atoms with Gasteiger partial charge in [0.2, 0.25) is 5.91 Å². The Morgan fingerprint density at radius 1 is 1.04 bits per heavy atom. The standard InChI is InChI=1S/C23H23ClN2O/c24-21-12-4-2-8-18(21)15-26-14-6-10-19(16-26)23(27)25-22-13-5-9-17-7-1-3-11-20(17)22/h1-5,7-9,11-13,19H,6,10,14-16H2,(H,25,27)/t19-/m1/s1. The average Bonchev–Trinajstić information content (AvgIpc) is 2.70. The first kappa shape index (κ1) is 18.0. The number of nitrogens with one attached hydrogen (secondary N) is 1. The average molecular weight is 379 g/mol. The minimum atomic E-state index is 0.000191. The number of piperidine rings is 1. The molecule has 1 amide bonds. The molecule has 0 spiro atoms. The fourth-order valence-electron chi connectivity index (χ4n) is 3.85. The Morgan fingerprint density at radius 3 is 2.70 bits per heavy atom. The fraction of sp³-hybridized carbons (Fsp3) is 0.261. The van der Waals surface area contributed by atoms with E-state index in [1.54, 1.807) is 0 Å². The predicted molar refractivity (Wildman–Crippen MR) is 112 cm³/mol. The van der Waals surface area contributed by atoms with E-state index in [1.807, 2.05) is 42.5 Å². The van der Waals surface area contributed by atoms with E-state index in [9.17, 15) is 4.79 Å². The van der Waals surface area contributed by atoms with Crippen molar-refractivity contribution in [2.24, 2.45) is 5.92 Å². The maximum absolute atomic E-state index is 12.9. The molecule has 27 heavy (non-hydrogen) atoms. The van der Waals surface area contributed by atoms with Crippen LogP contribution >= 0.6 is 11.6 Å². The highest BCUT2D eigenvalue weighted by molar-refractivity contribution is 6.31. The number of fused-ring (bicyclic) bond motifs is 1. The van der Waals surface area contributed by atoms with Gasteiger partial charge in [0.25, 0.3) is 0 Å². The summed E-state index contributed by atoms with van der Waals surface area (Å²) in [5.74, 6) is 0.107. The molecule has 1 aliphatic rings. The largest absolute Gasteiger partial charge is 0.325 e. The van der Waals surface area contributed by atoms with Gasteiger partial charge in [-0.1, -0.05) is 66.2 Å². The Bertz CT molecular complexity index is 951. The predicted octanol–water partition coefficient (Wildman–Crippen LogP) is 5.34. The highest BCUT2D eigenvalue weighted by Gasteiger charge is 2.26. The van der Waals surface area contributed by atoms with Gasteiger partial charge in [0.1, 0.15) is 0 Å². The van der Waals surface area contributed by atoms with Crippen molar-refractivity contribution in [2.45, 2.75) is 19.4 Å². The Morgan fingerprint density at radius 2 is 1.81 bits per heavy atom. The van der Waals surface area contributed by atoms with Crippen molar-refractivity contribution in [3.63, 3.8) is 0 Å². The van der Waals surface area contributed by atoms with Crippen LogP contribution in [0, 0.1) is 5.92 Å². The zero-order valence-corrected chi connectivity index (χ0v) is 16.0. The van der Waals surface area contributed by atoms with Gasteiger partial charge in [0.15, 0.2) is 0 Å². The third-order valence-corrected chi connectivity index (χ3v) is 5.64. The normalized spacial score (nSPS) is 17.7. The molecular formula is C23H23ClN2O. The molecular weight excluding hydrogens is 356 g/mol. The van der Waals surface area contributed by atoms with E-state index < -0.39 is 0 Å². The zero-order chi connectivity index (χ0) is 18.6. The molecule has 0 bridgehead atoms. The molecule has 0 unspecified atom stereocenters. The van der Waals surface area contributed by atoms with Crippen molar-refractivity contribution in [3.8, 4) is 0 Å². The third kappa shape index (κ3) is 4.15. The first-order valence-electron chi connectivity index (χ1n) is 9.45. The van der Waals surface area contributed by atoms with E-state index >= 15 is 0 Å². The number of carbonyl (C=O) groups excluding carboxylic acids is 1. The molecule has 1 N–H and O–H groups in total. The van der Waals surface area contributed by atoms with Crippen molar-refractivity contribution in [3.05, 3.63) is 77.3 Å². The van der Waals surface area contributed by atoms with Crippen LogP contribution in [0.3, 0.4) is 0 Å². The molecule has 3 nitrogen and oxygen atoms in total. The minimum absolute atomic E-state index is 0.000191. The molecule has 3 aromatic carbocycles. The first-order chi connectivity index (χ1) is 13.2. The number of benzene rings is 3. The Hall–Kier alpha value is -2.36. The molecule has 4 heteroatoms. The van der Waals surface area contributed by atoms with Crippen molar-refractivity contribution in [1.82, 2.24) is 4.90 Å². The second kappa shape index (κ2) is 8.12. The van der Waals surface area contributed by atoms with Crippen LogP contribution < -0.4 is 5.32 Å². The van der Waals surface area contributed by atoms with Gasteiger partial charge in [-0.25, -0.2) is 0 Å². The van der Waals surface area contributed by atoms with Gasteiger partial charge in [0.05, 0.1) is 5.92 Å². The topological polar surface area (TPSA) is 32.3 Å². The molecule has 0 radical (unpaired) electrons. The molecule has 0 aliphatic carbocycles. The number of amides is 1. The summed E-state index contributed by atoms with van der Waals surface area (Å²) in [4.78, 5) is 15.2. The zero-order valence-electron chi connectivity index (χ0n) is 15.2. The number of nitrogens with zero attached hydrogens (tertiary/aromatic N) is 1. The molecule has 0 saturated carbocycles. The summed E-state index contributed by atoms with van der Waals surface area (Å²) >= 11 is 6.30. The number of hydrogen-bond donors (Lipinski definition) is 1. The fourth-order valence-corrected chi connectivity index (χ4v) is 4.05. The van der Waals surface area contributed by atoms with Crippen LogP contribution in [0.25, 0.3) is 10.8 Å². The maximum atomic E-state index is 12.9. The molecule has 138 valence electrons. The van der Waals surface area contributed by atoms with Crippen LogP contribution in [0.1, 0.15) is 18.4 Å². The van der Waals surface area contributed by atoms with Crippen LogP contribution in [0.15, 0.2) is 66.7 Å². The second-order valence-corrected chi connectivity index (χ2v) is 7.59. The summed E-state index contributed by atoms with van der Waals surface area (Å²) < 4.78 is 0. The van der Waals surface area contributed by atoms with Crippen LogP contribution in [0.2, 0.25) is 5.02 Å². The maximum Gasteiger partial charge on any atom is 0.228 e. The van der Waals surface area contributed by atoms with E-state index in [0.717, 1.165) is 59.5 Å². The third-order valence-electron chi connectivity index (χ3n) is 5.28. The van der Waals surface area contributed by atoms with Gasteiger partial charge < -0.3 is 5.32 Å². The van der Waals surface area contributed by atoms with E-state index in [4.69, 9.17) is 11.6 Å². The number of anilines is 1. The molecule has 4 rings (SSSR count). The number of carbonyl (C=O) groups is 1. The van der Waals surface area contributed by atoms with Gasteiger partial charge in [-0.2, -0.15) is 0 Å². The van der Waals surface area contributed by atoms with Crippen molar-refractivity contribution in [1.29, 1.82) is 0 Å². The lowest BCUT2D eigenvalue weighted by atomic mass is 9.96. The summed E-state index contributed by atoms with van der Waals surface area (Å²) in [5.41, 5.74) is 2.01. The number of rotatable bonds is 4. The SMILES string of the molecule is O=C(Nc1cccc2ccccc12)[C@@H]1CCCN(Cc2ccccc2Cl)C1. The lowest BCUT2D eigenvalue weighted by Gasteiger charge is -2.32. The quantitative estimate of drug-likeness (QED) is 0.664. The van der Waals surface area contributed by atoms with Crippen LogP contribution in [-0.2, 0) is 11.3 Å². The molecule has 1 saturated heterocycles. The van der Waals surface area contributed by atoms with Gasteiger partial charge in [-0.15, -0.1) is 0 Å². The van der Waals surface area contributed by atoms with Gasteiger partial charge in [-0.05, 0) is 42.5 Å². The molecule has 1 aliphatic heterocycles. The Kier molecular flexibility index (Phi) is 5.42. The van der Waals surface area contributed by atoms with Crippen molar-refractivity contribution >= 4 is 34.0 Å².